The van der Waals surface area contributed by atoms with Crippen LogP contribution in [0, 0.1) is 0 Å². The molecule has 1 aromatic carbocycles. The van der Waals surface area contributed by atoms with Crippen molar-refractivity contribution in [2.45, 2.75) is 41.5 Å². The van der Waals surface area contributed by atoms with Crippen LogP contribution in [-0.4, -0.2) is 30.2 Å². The molecule has 0 fully saturated rings. The first kappa shape index (κ1) is 21.5. The van der Waals surface area contributed by atoms with Crippen LogP contribution in [0.4, 0.5) is 0 Å². The second-order valence-electron chi connectivity index (χ2n) is 7.44. The molecule has 166 valence electrons. The lowest BCUT2D eigenvalue weighted by atomic mass is 9.92. The summed E-state index contributed by atoms with van der Waals surface area (Å²) >= 11 is 3.15. The Morgan fingerprint density at radius 3 is 2.76 bits per heavy atom. The maximum absolute atomic E-state index is 12.2. The molecule has 0 saturated carbocycles. The molecule has 5 aromatic rings. The van der Waals surface area contributed by atoms with E-state index in [0.717, 1.165) is 43.5 Å². The van der Waals surface area contributed by atoms with Crippen molar-refractivity contribution in [3.8, 4) is 11.1 Å². The van der Waals surface area contributed by atoms with Gasteiger partial charge in [0.2, 0.25) is 0 Å². The highest BCUT2D eigenvalue weighted by Gasteiger charge is 2.35. The smallest absolute Gasteiger partial charge is 0.336 e. The summed E-state index contributed by atoms with van der Waals surface area (Å²) in [7, 11) is 0. The summed E-state index contributed by atoms with van der Waals surface area (Å²) in [4.78, 5) is 24.7. The fourth-order valence-electron chi connectivity index (χ4n) is 3.93. The van der Waals surface area contributed by atoms with Crippen molar-refractivity contribution in [1.29, 1.82) is 0 Å². The summed E-state index contributed by atoms with van der Waals surface area (Å²) in [6.45, 7) is 4.23. The SMILES string of the molecule is CCC(CC)(c1cnc(Sc2ccc3c(-c4cccnc4)cc(=O)oc3c2)s1)n1ncnn1. The summed E-state index contributed by atoms with van der Waals surface area (Å²) < 4.78 is 6.40. The average Bonchev–Trinajstić information content (AvgIpc) is 3.54. The first-order valence-electron chi connectivity index (χ1n) is 10.5. The largest absolute Gasteiger partial charge is 0.423 e. The summed E-state index contributed by atoms with van der Waals surface area (Å²) in [5, 5.41) is 13.2. The Hall–Kier alpha value is -3.37. The van der Waals surface area contributed by atoms with Gasteiger partial charge in [0.25, 0.3) is 0 Å². The Balaban J connectivity index is 1.48. The molecule has 0 aliphatic carbocycles. The molecule has 0 spiro atoms. The molecule has 0 bridgehead atoms. The Kier molecular flexibility index (Phi) is 5.77. The third-order valence-corrected chi connectivity index (χ3v) is 7.99. The zero-order chi connectivity index (χ0) is 22.8. The first-order chi connectivity index (χ1) is 16.1. The normalized spacial score (nSPS) is 11.8. The molecule has 0 aliphatic heterocycles. The minimum Gasteiger partial charge on any atom is -0.423 e. The van der Waals surface area contributed by atoms with E-state index in [9.17, 15) is 4.79 Å². The summed E-state index contributed by atoms with van der Waals surface area (Å²) in [6, 6.07) is 11.2. The maximum Gasteiger partial charge on any atom is 0.336 e. The van der Waals surface area contributed by atoms with Gasteiger partial charge in [-0.05, 0) is 42.3 Å². The second kappa shape index (κ2) is 8.87. The van der Waals surface area contributed by atoms with E-state index in [-0.39, 0.29) is 5.54 Å². The number of hydrogen-bond donors (Lipinski definition) is 0. The van der Waals surface area contributed by atoms with Gasteiger partial charge in [0.15, 0.2) is 10.7 Å². The van der Waals surface area contributed by atoms with Crippen LogP contribution in [-0.2, 0) is 5.54 Å². The molecule has 4 aromatic heterocycles. The van der Waals surface area contributed by atoms with Crippen molar-refractivity contribution in [3.63, 3.8) is 0 Å². The van der Waals surface area contributed by atoms with E-state index in [1.165, 1.54) is 24.2 Å². The molecule has 33 heavy (non-hydrogen) atoms. The summed E-state index contributed by atoms with van der Waals surface area (Å²) in [5.41, 5.74) is 1.44. The van der Waals surface area contributed by atoms with Crippen LogP contribution in [0.2, 0.25) is 0 Å². The predicted molar refractivity (Wildman–Crippen MR) is 127 cm³/mol. The number of rotatable bonds is 7. The van der Waals surface area contributed by atoms with Crippen LogP contribution in [0.5, 0.6) is 0 Å². The van der Waals surface area contributed by atoms with Crippen LogP contribution < -0.4 is 5.63 Å². The van der Waals surface area contributed by atoms with E-state index in [2.05, 4.69) is 39.2 Å². The van der Waals surface area contributed by atoms with Crippen LogP contribution in [0.3, 0.4) is 0 Å². The standard InChI is InChI=1S/C23H20N6O2S2/c1-3-23(4-2,29-27-14-26-28-29)20-13-25-22(33-20)32-16-7-8-17-18(15-6-5-9-24-12-15)11-21(30)31-19(17)10-16/h5-14H,3-4H2,1-2H3. The van der Waals surface area contributed by atoms with Gasteiger partial charge in [0, 0.05) is 46.1 Å². The zero-order valence-corrected chi connectivity index (χ0v) is 19.6. The number of benzene rings is 1. The van der Waals surface area contributed by atoms with Crippen LogP contribution in [0.25, 0.3) is 22.1 Å². The molecule has 0 atom stereocenters. The van der Waals surface area contributed by atoms with Crippen molar-refractivity contribution in [2.24, 2.45) is 0 Å². The van der Waals surface area contributed by atoms with E-state index < -0.39 is 5.63 Å². The van der Waals surface area contributed by atoms with E-state index in [4.69, 9.17) is 4.42 Å². The fraction of sp³-hybridized carbons (Fsp3) is 0.217. The molecule has 0 amide bonds. The minimum atomic E-state index is -0.393. The minimum absolute atomic E-state index is 0.373. The molecule has 0 aliphatic rings. The fourth-order valence-corrected chi connectivity index (χ4v) is 6.22. The Morgan fingerprint density at radius 1 is 1.15 bits per heavy atom. The highest BCUT2D eigenvalue weighted by atomic mass is 32.2. The number of nitrogens with zero attached hydrogens (tertiary/aromatic N) is 6. The van der Waals surface area contributed by atoms with Gasteiger partial charge in [-0.3, -0.25) is 4.98 Å². The Morgan fingerprint density at radius 2 is 2.03 bits per heavy atom. The molecule has 4 heterocycles. The van der Waals surface area contributed by atoms with E-state index in [1.54, 1.807) is 28.5 Å². The van der Waals surface area contributed by atoms with Gasteiger partial charge in [0.05, 0.1) is 4.88 Å². The quantitative estimate of drug-likeness (QED) is 0.302. The molecule has 8 nitrogen and oxygen atoms in total. The first-order valence-corrected chi connectivity index (χ1v) is 12.1. The number of aromatic nitrogens is 6. The van der Waals surface area contributed by atoms with Gasteiger partial charge in [-0.25, -0.2) is 9.78 Å². The van der Waals surface area contributed by atoms with Gasteiger partial charge in [-0.1, -0.05) is 31.7 Å². The number of tetrazole rings is 1. The summed E-state index contributed by atoms with van der Waals surface area (Å²) in [5.74, 6) is 0. The lowest BCUT2D eigenvalue weighted by molar-refractivity contribution is 0.263. The molecule has 0 N–H and O–H groups in total. The molecule has 5 rings (SSSR count). The van der Waals surface area contributed by atoms with Crippen molar-refractivity contribution in [2.75, 3.05) is 0 Å². The van der Waals surface area contributed by atoms with Crippen LogP contribution >= 0.6 is 23.1 Å². The molecule has 0 radical (unpaired) electrons. The third-order valence-electron chi connectivity index (χ3n) is 5.74. The number of fused-ring (bicyclic) bond motifs is 1. The van der Waals surface area contributed by atoms with Gasteiger partial charge < -0.3 is 4.42 Å². The lowest BCUT2D eigenvalue weighted by Crippen LogP contribution is -2.35. The van der Waals surface area contributed by atoms with Gasteiger partial charge >= 0.3 is 5.63 Å². The van der Waals surface area contributed by atoms with Crippen molar-refractivity contribution in [3.05, 3.63) is 76.6 Å². The van der Waals surface area contributed by atoms with Crippen LogP contribution in [0.15, 0.2) is 79.8 Å². The third kappa shape index (κ3) is 3.96. The zero-order valence-electron chi connectivity index (χ0n) is 18.0. The Bertz CT molecular complexity index is 1440. The van der Waals surface area contributed by atoms with Gasteiger partial charge in [-0.2, -0.15) is 4.80 Å². The highest BCUT2D eigenvalue weighted by Crippen LogP contribution is 2.40. The predicted octanol–water partition coefficient (Wildman–Crippen LogP) is 5.01. The van der Waals surface area contributed by atoms with Gasteiger partial charge in [-0.15, -0.1) is 21.5 Å². The van der Waals surface area contributed by atoms with Gasteiger partial charge in [0.1, 0.15) is 11.1 Å². The summed E-state index contributed by atoms with van der Waals surface area (Å²) in [6.07, 6.45) is 8.45. The molecular formula is C23H20N6O2S2. The van der Waals surface area contributed by atoms with E-state index >= 15 is 0 Å². The lowest BCUT2D eigenvalue weighted by Gasteiger charge is -2.28. The molecular weight excluding hydrogens is 456 g/mol. The van der Waals surface area contributed by atoms with Crippen molar-refractivity contribution >= 4 is 34.1 Å². The molecule has 0 unspecified atom stereocenters. The van der Waals surface area contributed by atoms with E-state index in [1.807, 2.05) is 36.5 Å². The number of hydrogen-bond acceptors (Lipinski definition) is 9. The van der Waals surface area contributed by atoms with Crippen molar-refractivity contribution < 1.29 is 4.42 Å². The Labute approximate surface area is 197 Å². The topological polar surface area (TPSA) is 99.6 Å². The van der Waals surface area contributed by atoms with Crippen molar-refractivity contribution in [1.82, 2.24) is 30.2 Å². The number of pyridine rings is 1. The maximum atomic E-state index is 12.2. The molecule has 10 heteroatoms. The second-order valence-corrected chi connectivity index (χ2v) is 9.79. The van der Waals surface area contributed by atoms with Crippen LogP contribution in [0.1, 0.15) is 31.6 Å². The number of thiazole rings is 1. The molecule has 0 saturated heterocycles. The van der Waals surface area contributed by atoms with E-state index in [0.29, 0.717) is 5.58 Å². The highest BCUT2D eigenvalue weighted by molar-refractivity contribution is 8.01. The average molecular weight is 477 g/mol. The monoisotopic (exact) mass is 476 g/mol.